The average Bonchev–Trinajstić information content (AvgIpc) is 2.55. The van der Waals surface area contributed by atoms with Gasteiger partial charge in [-0.15, -0.1) is 0 Å². The number of halogens is 1. The van der Waals surface area contributed by atoms with Gasteiger partial charge in [0, 0.05) is 7.11 Å². The van der Waals surface area contributed by atoms with Gasteiger partial charge in [-0.3, -0.25) is 4.79 Å². The van der Waals surface area contributed by atoms with E-state index < -0.39 is 38.3 Å². The molecule has 0 aliphatic carbocycles. The first-order chi connectivity index (χ1) is 11.4. The van der Waals surface area contributed by atoms with Crippen LogP contribution in [0.5, 0.6) is 0 Å². The fraction of sp³-hybridized carbons (Fsp3) is 0.125. The summed E-state index contributed by atoms with van der Waals surface area (Å²) in [7, 11) is -3.17. The van der Waals surface area contributed by atoms with Gasteiger partial charge in [-0.25, -0.2) is 17.5 Å². The number of ether oxygens (including phenoxy) is 1. The molecule has 2 rings (SSSR count). The number of nitrogens with one attached hydrogen (secondary N) is 1. The van der Waals surface area contributed by atoms with Gasteiger partial charge in [-0.2, -0.15) is 5.26 Å². The van der Waals surface area contributed by atoms with Crippen LogP contribution in [-0.4, -0.2) is 21.4 Å². The maximum Gasteiger partial charge on any atom is 0.267 e. The predicted molar refractivity (Wildman–Crippen MR) is 82.6 cm³/mol. The number of methoxy groups -OCH3 is 1. The highest BCUT2D eigenvalue weighted by Gasteiger charge is 2.28. The van der Waals surface area contributed by atoms with Crippen LogP contribution in [0.4, 0.5) is 4.39 Å². The van der Waals surface area contributed by atoms with E-state index in [4.69, 9.17) is 10.00 Å². The van der Waals surface area contributed by atoms with E-state index in [0.717, 1.165) is 18.2 Å². The Labute approximate surface area is 138 Å². The van der Waals surface area contributed by atoms with Crippen LogP contribution in [0.3, 0.4) is 0 Å². The van der Waals surface area contributed by atoms with Crippen LogP contribution in [0.2, 0.25) is 0 Å². The molecule has 0 unspecified atom stereocenters. The molecule has 24 heavy (non-hydrogen) atoms. The summed E-state index contributed by atoms with van der Waals surface area (Å²) < 4.78 is 45.1. The second-order valence-corrected chi connectivity index (χ2v) is 6.37. The molecular weight excluding hydrogens is 335 g/mol. The fourth-order valence-electron chi connectivity index (χ4n) is 2.10. The second kappa shape index (κ2) is 7.21. The molecule has 0 spiro atoms. The topological polar surface area (TPSA) is 96.3 Å². The van der Waals surface area contributed by atoms with Crippen LogP contribution in [-0.2, 0) is 19.6 Å². The van der Waals surface area contributed by atoms with Gasteiger partial charge in [0.1, 0.15) is 22.3 Å². The van der Waals surface area contributed by atoms with Crippen molar-refractivity contribution in [3.63, 3.8) is 0 Å². The molecule has 0 heterocycles. The highest BCUT2D eigenvalue weighted by molar-refractivity contribution is 7.90. The molecule has 1 amide bonds. The Balaban J connectivity index is 2.34. The van der Waals surface area contributed by atoms with Gasteiger partial charge in [-0.05, 0) is 17.7 Å². The zero-order chi connectivity index (χ0) is 17.7. The second-order valence-electron chi connectivity index (χ2n) is 4.72. The number of rotatable bonds is 5. The highest BCUT2D eigenvalue weighted by Crippen LogP contribution is 2.20. The normalized spacial score (nSPS) is 12.2. The maximum absolute atomic E-state index is 13.6. The Kier molecular flexibility index (Phi) is 5.28. The van der Waals surface area contributed by atoms with Crippen molar-refractivity contribution in [2.24, 2.45) is 0 Å². The van der Waals surface area contributed by atoms with Crippen LogP contribution in [0, 0.1) is 17.1 Å². The average molecular weight is 348 g/mol. The van der Waals surface area contributed by atoms with Crippen LogP contribution in [0.25, 0.3) is 0 Å². The van der Waals surface area contributed by atoms with Gasteiger partial charge in [-0.1, -0.05) is 36.4 Å². The molecule has 8 heteroatoms. The van der Waals surface area contributed by atoms with Crippen molar-refractivity contribution >= 4 is 15.9 Å². The molecule has 0 aliphatic heterocycles. The van der Waals surface area contributed by atoms with Crippen molar-refractivity contribution in [3.8, 4) is 6.07 Å². The molecule has 0 radical (unpaired) electrons. The number of sulfonamides is 1. The molecule has 0 bridgehead atoms. The molecule has 1 N–H and O–H groups in total. The Morgan fingerprint density at radius 3 is 2.46 bits per heavy atom. The van der Waals surface area contributed by atoms with E-state index in [0.29, 0.717) is 5.56 Å². The van der Waals surface area contributed by atoms with E-state index in [-0.39, 0.29) is 0 Å². The van der Waals surface area contributed by atoms with Crippen molar-refractivity contribution < 1.29 is 22.3 Å². The third-order valence-electron chi connectivity index (χ3n) is 3.19. The smallest absolute Gasteiger partial charge is 0.267 e. The SMILES string of the molecule is CO[C@@H](C(=O)NS(=O)(=O)c1cccc(F)c1C#N)c1ccccc1. The third-order valence-corrected chi connectivity index (χ3v) is 4.58. The number of hydrogen-bond donors (Lipinski definition) is 1. The zero-order valence-corrected chi connectivity index (χ0v) is 13.4. The number of carbonyl (C=O) groups is 1. The summed E-state index contributed by atoms with van der Waals surface area (Å²) in [5, 5.41) is 8.94. The van der Waals surface area contributed by atoms with Crippen molar-refractivity contribution in [2.45, 2.75) is 11.0 Å². The van der Waals surface area contributed by atoms with Crippen molar-refractivity contribution in [2.75, 3.05) is 7.11 Å². The summed E-state index contributed by atoms with van der Waals surface area (Å²) in [6, 6.07) is 12.9. The van der Waals surface area contributed by atoms with E-state index >= 15 is 0 Å². The van der Waals surface area contributed by atoms with Gasteiger partial charge in [0.15, 0.2) is 6.10 Å². The lowest BCUT2D eigenvalue weighted by atomic mass is 10.1. The molecule has 1 atom stereocenters. The first kappa shape index (κ1) is 17.6. The number of amides is 1. The van der Waals surface area contributed by atoms with E-state index in [1.807, 2.05) is 4.72 Å². The standard InChI is InChI=1S/C16H13FN2O4S/c1-23-15(11-6-3-2-4-7-11)16(20)19-24(21,22)14-9-5-8-13(17)12(14)10-18/h2-9,15H,1H3,(H,19,20)/t15-/m1/s1. The maximum atomic E-state index is 13.6. The summed E-state index contributed by atoms with van der Waals surface area (Å²) in [4.78, 5) is 11.6. The fourth-order valence-corrected chi connectivity index (χ4v) is 3.25. The summed E-state index contributed by atoms with van der Waals surface area (Å²) in [6.45, 7) is 0. The first-order valence-corrected chi connectivity index (χ1v) is 8.22. The lowest BCUT2D eigenvalue weighted by molar-refractivity contribution is -0.129. The Morgan fingerprint density at radius 1 is 1.21 bits per heavy atom. The van der Waals surface area contributed by atoms with Crippen LogP contribution >= 0.6 is 0 Å². The summed E-state index contributed by atoms with van der Waals surface area (Å²) in [6.07, 6.45) is -1.17. The van der Waals surface area contributed by atoms with E-state index in [1.54, 1.807) is 30.3 Å². The lowest BCUT2D eigenvalue weighted by Crippen LogP contribution is -2.35. The summed E-state index contributed by atoms with van der Waals surface area (Å²) in [5.74, 6) is -1.93. The van der Waals surface area contributed by atoms with Crippen molar-refractivity contribution in [1.82, 2.24) is 4.72 Å². The molecule has 0 aromatic heterocycles. The number of hydrogen-bond acceptors (Lipinski definition) is 5. The van der Waals surface area contributed by atoms with Crippen LogP contribution in [0.15, 0.2) is 53.4 Å². The molecule has 0 saturated carbocycles. The Hall–Kier alpha value is -2.76. The third kappa shape index (κ3) is 3.59. The monoisotopic (exact) mass is 348 g/mol. The molecular formula is C16H13FN2O4S. The Morgan fingerprint density at radius 2 is 1.88 bits per heavy atom. The van der Waals surface area contributed by atoms with Gasteiger partial charge in [0.2, 0.25) is 0 Å². The van der Waals surface area contributed by atoms with Gasteiger partial charge >= 0.3 is 0 Å². The zero-order valence-electron chi connectivity index (χ0n) is 12.6. The molecule has 2 aromatic carbocycles. The molecule has 0 aliphatic rings. The predicted octanol–water partition coefficient (Wildman–Crippen LogP) is 1.89. The summed E-state index contributed by atoms with van der Waals surface area (Å²) >= 11 is 0. The van der Waals surface area contributed by atoms with E-state index in [9.17, 15) is 17.6 Å². The molecule has 6 nitrogen and oxygen atoms in total. The quantitative estimate of drug-likeness (QED) is 0.890. The minimum absolute atomic E-state index is 0.451. The lowest BCUT2D eigenvalue weighted by Gasteiger charge is -2.16. The molecule has 124 valence electrons. The number of carbonyl (C=O) groups excluding carboxylic acids is 1. The van der Waals surface area contributed by atoms with Crippen LogP contribution in [0.1, 0.15) is 17.2 Å². The van der Waals surface area contributed by atoms with E-state index in [2.05, 4.69) is 0 Å². The number of nitriles is 1. The van der Waals surface area contributed by atoms with Gasteiger partial charge in [0.25, 0.3) is 15.9 Å². The van der Waals surface area contributed by atoms with Gasteiger partial charge in [0.05, 0.1) is 0 Å². The van der Waals surface area contributed by atoms with Crippen LogP contribution < -0.4 is 4.72 Å². The van der Waals surface area contributed by atoms with Gasteiger partial charge < -0.3 is 4.74 Å². The highest BCUT2D eigenvalue weighted by atomic mass is 32.2. The van der Waals surface area contributed by atoms with E-state index in [1.165, 1.54) is 13.2 Å². The molecule has 0 saturated heterocycles. The van der Waals surface area contributed by atoms with Crippen molar-refractivity contribution in [3.05, 3.63) is 65.5 Å². The Bertz CT molecular complexity index is 892. The number of nitrogens with zero attached hydrogens (tertiary/aromatic N) is 1. The summed E-state index contributed by atoms with van der Waals surface area (Å²) in [5.41, 5.74) is -0.209. The van der Waals surface area contributed by atoms with Crippen molar-refractivity contribution in [1.29, 1.82) is 5.26 Å². The first-order valence-electron chi connectivity index (χ1n) is 6.73. The number of benzene rings is 2. The molecule has 2 aromatic rings. The largest absolute Gasteiger partial charge is 0.367 e. The molecule has 0 fully saturated rings. The minimum Gasteiger partial charge on any atom is -0.367 e. The minimum atomic E-state index is -4.43.